The van der Waals surface area contributed by atoms with Crippen LogP contribution >= 0.6 is 0 Å². The molecule has 2 amide bonds. The van der Waals surface area contributed by atoms with Crippen LogP contribution in [-0.2, 0) is 11.2 Å². The van der Waals surface area contributed by atoms with Gasteiger partial charge >= 0.3 is 0 Å². The van der Waals surface area contributed by atoms with Crippen LogP contribution in [0, 0.1) is 13.8 Å². The van der Waals surface area contributed by atoms with Crippen molar-refractivity contribution >= 4 is 17.5 Å². The Morgan fingerprint density at radius 3 is 2.25 bits per heavy atom. The summed E-state index contributed by atoms with van der Waals surface area (Å²) in [5.41, 5.74) is 4.21. The Bertz CT molecular complexity index is 1040. The SMILES string of the molecule is CC[C@H](Oc1cc(C)cc(C)c1)C(=O)Nc1ccccc1C(=O)NCCc1ccccc1. The first kappa shape index (κ1) is 23.1. The van der Waals surface area contributed by atoms with E-state index < -0.39 is 6.10 Å². The van der Waals surface area contributed by atoms with Crippen LogP contribution in [0.4, 0.5) is 5.69 Å². The smallest absolute Gasteiger partial charge is 0.265 e. The molecule has 0 saturated heterocycles. The van der Waals surface area contributed by atoms with E-state index in [0.717, 1.165) is 23.1 Å². The molecule has 3 aromatic rings. The van der Waals surface area contributed by atoms with Gasteiger partial charge < -0.3 is 15.4 Å². The molecule has 0 radical (unpaired) electrons. The van der Waals surface area contributed by atoms with E-state index in [-0.39, 0.29) is 11.8 Å². The Kier molecular flexibility index (Phi) is 8.03. The van der Waals surface area contributed by atoms with Crippen molar-refractivity contribution < 1.29 is 14.3 Å². The predicted molar refractivity (Wildman–Crippen MR) is 128 cm³/mol. The summed E-state index contributed by atoms with van der Waals surface area (Å²) < 4.78 is 5.96. The monoisotopic (exact) mass is 430 g/mol. The Balaban J connectivity index is 1.64. The van der Waals surface area contributed by atoms with Crippen LogP contribution in [0.3, 0.4) is 0 Å². The Labute approximate surface area is 189 Å². The maximum atomic E-state index is 12.9. The molecular formula is C27H30N2O3. The minimum Gasteiger partial charge on any atom is -0.481 e. The number of ether oxygens (including phenoxy) is 1. The molecule has 32 heavy (non-hydrogen) atoms. The molecule has 0 heterocycles. The highest BCUT2D eigenvalue weighted by atomic mass is 16.5. The molecule has 0 spiro atoms. The van der Waals surface area contributed by atoms with E-state index in [0.29, 0.717) is 30.0 Å². The van der Waals surface area contributed by atoms with Gasteiger partial charge in [0.25, 0.3) is 11.8 Å². The van der Waals surface area contributed by atoms with E-state index in [4.69, 9.17) is 4.74 Å². The predicted octanol–water partition coefficient (Wildman–Crippen LogP) is 5.07. The minimum atomic E-state index is -0.662. The number of para-hydroxylation sites is 1. The third-order valence-corrected chi connectivity index (χ3v) is 5.11. The van der Waals surface area contributed by atoms with E-state index in [2.05, 4.69) is 16.7 Å². The number of hydrogen-bond acceptors (Lipinski definition) is 3. The average molecular weight is 431 g/mol. The number of aryl methyl sites for hydroxylation is 2. The molecule has 0 aromatic heterocycles. The highest BCUT2D eigenvalue weighted by molar-refractivity contribution is 6.04. The summed E-state index contributed by atoms with van der Waals surface area (Å²) in [6.45, 7) is 6.40. The molecule has 0 saturated carbocycles. The third-order valence-electron chi connectivity index (χ3n) is 5.11. The first-order valence-electron chi connectivity index (χ1n) is 10.9. The van der Waals surface area contributed by atoms with Gasteiger partial charge in [-0.2, -0.15) is 0 Å². The van der Waals surface area contributed by atoms with Crippen molar-refractivity contribution in [2.45, 2.75) is 39.7 Å². The largest absolute Gasteiger partial charge is 0.481 e. The number of rotatable bonds is 9. The van der Waals surface area contributed by atoms with Crippen molar-refractivity contribution in [1.82, 2.24) is 5.32 Å². The summed E-state index contributed by atoms with van der Waals surface area (Å²) in [6, 6.07) is 22.9. The third kappa shape index (κ3) is 6.45. The summed E-state index contributed by atoms with van der Waals surface area (Å²) >= 11 is 0. The van der Waals surface area contributed by atoms with Gasteiger partial charge in [0.05, 0.1) is 11.3 Å². The fourth-order valence-corrected chi connectivity index (χ4v) is 3.55. The lowest BCUT2D eigenvalue weighted by atomic mass is 10.1. The fourth-order valence-electron chi connectivity index (χ4n) is 3.55. The molecule has 0 bridgehead atoms. The van der Waals surface area contributed by atoms with Gasteiger partial charge in [-0.1, -0.05) is 55.5 Å². The molecule has 0 aliphatic carbocycles. The number of hydrogen-bond donors (Lipinski definition) is 2. The number of amides is 2. The lowest BCUT2D eigenvalue weighted by Gasteiger charge is -2.19. The van der Waals surface area contributed by atoms with E-state index in [9.17, 15) is 9.59 Å². The maximum absolute atomic E-state index is 12.9. The number of anilines is 1. The first-order valence-corrected chi connectivity index (χ1v) is 10.9. The molecule has 2 N–H and O–H groups in total. The van der Waals surface area contributed by atoms with Crippen molar-refractivity contribution in [3.63, 3.8) is 0 Å². The number of carbonyl (C=O) groups excluding carboxylic acids is 2. The van der Waals surface area contributed by atoms with Gasteiger partial charge in [-0.25, -0.2) is 0 Å². The molecule has 5 heteroatoms. The van der Waals surface area contributed by atoms with E-state index >= 15 is 0 Å². The molecule has 0 unspecified atom stereocenters. The van der Waals surface area contributed by atoms with Crippen LogP contribution in [0.25, 0.3) is 0 Å². The lowest BCUT2D eigenvalue weighted by molar-refractivity contribution is -0.122. The molecule has 3 rings (SSSR count). The number of nitrogens with one attached hydrogen (secondary N) is 2. The van der Waals surface area contributed by atoms with E-state index in [1.54, 1.807) is 24.3 Å². The van der Waals surface area contributed by atoms with Crippen LogP contribution in [0.15, 0.2) is 72.8 Å². The van der Waals surface area contributed by atoms with E-state index in [1.165, 1.54) is 0 Å². The molecule has 0 aliphatic rings. The summed E-state index contributed by atoms with van der Waals surface area (Å²) in [4.78, 5) is 25.7. The fraction of sp³-hybridized carbons (Fsp3) is 0.259. The van der Waals surface area contributed by atoms with Gasteiger partial charge in [0.2, 0.25) is 0 Å². The van der Waals surface area contributed by atoms with Gasteiger partial charge in [0.1, 0.15) is 5.75 Å². The molecule has 0 aliphatic heterocycles. The standard InChI is InChI=1S/C27H30N2O3/c1-4-25(32-22-17-19(2)16-20(3)18-22)27(31)29-24-13-9-8-12-23(24)26(30)28-15-14-21-10-6-5-7-11-21/h5-13,16-18,25H,4,14-15H2,1-3H3,(H,28,30)(H,29,31)/t25-/m0/s1. The molecule has 0 fully saturated rings. The van der Waals surface area contributed by atoms with Gasteiger partial charge in [-0.3, -0.25) is 9.59 Å². The normalized spacial score (nSPS) is 11.5. The molecular weight excluding hydrogens is 400 g/mol. The van der Waals surface area contributed by atoms with Crippen molar-refractivity contribution in [1.29, 1.82) is 0 Å². The minimum absolute atomic E-state index is 0.222. The van der Waals surface area contributed by atoms with Gasteiger partial charge in [0.15, 0.2) is 6.10 Å². The second-order valence-electron chi connectivity index (χ2n) is 7.86. The average Bonchev–Trinajstić information content (AvgIpc) is 2.77. The van der Waals surface area contributed by atoms with Crippen LogP contribution in [-0.4, -0.2) is 24.5 Å². The first-order chi connectivity index (χ1) is 15.5. The molecule has 3 aromatic carbocycles. The Hall–Kier alpha value is -3.60. The summed E-state index contributed by atoms with van der Waals surface area (Å²) in [7, 11) is 0. The molecule has 5 nitrogen and oxygen atoms in total. The highest BCUT2D eigenvalue weighted by Crippen LogP contribution is 2.20. The van der Waals surface area contributed by atoms with Crippen LogP contribution in [0.2, 0.25) is 0 Å². The van der Waals surface area contributed by atoms with Crippen LogP contribution in [0.5, 0.6) is 5.75 Å². The van der Waals surface area contributed by atoms with E-state index in [1.807, 2.05) is 63.2 Å². The summed E-state index contributed by atoms with van der Waals surface area (Å²) in [5.74, 6) is 0.160. The zero-order chi connectivity index (χ0) is 22.9. The van der Waals surface area contributed by atoms with Crippen LogP contribution in [0.1, 0.15) is 40.4 Å². The van der Waals surface area contributed by atoms with Gasteiger partial charge in [-0.05, 0) is 67.6 Å². The Morgan fingerprint density at radius 2 is 1.56 bits per heavy atom. The van der Waals surface area contributed by atoms with Crippen molar-refractivity contribution in [3.05, 3.63) is 95.1 Å². The lowest BCUT2D eigenvalue weighted by Crippen LogP contribution is -2.33. The quantitative estimate of drug-likeness (QED) is 0.498. The zero-order valence-electron chi connectivity index (χ0n) is 18.9. The van der Waals surface area contributed by atoms with Crippen molar-refractivity contribution in [3.8, 4) is 5.75 Å². The summed E-state index contributed by atoms with van der Waals surface area (Å²) in [5, 5.41) is 5.81. The van der Waals surface area contributed by atoms with Gasteiger partial charge in [0, 0.05) is 6.54 Å². The van der Waals surface area contributed by atoms with Gasteiger partial charge in [-0.15, -0.1) is 0 Å². The topological polar surface area (TPSA) is 67.4 Å². The number of carbonyl (C=O) groups is 2. The molecule has 1 atom stereocenters. The Morgan fingerprint density at radius 1 is 0.906 bits per heavy atom. The zero-order valence-corrected chi connectivity index (χ0v) is 18.9. The second-order valence-corrected chi connectivity index (χ2v) is 7.86. The maximum Gasteiger partial charge on any atom is 0.265 e. The number of benzene rings is 3. The highest BCUT2D eigenvalue weighted by Gasteiger charge is 2.21. The van der Waals surface area contributed by atoms with Crippen molar-refractivity contribution in [2.24, 2.45) is 0 Å². The molecule has 166 valence electrons. The van der Waals surface area contributed by atoms with Crippen LogP contribution < -0.4 is 15.4 Å². The summed E-state index contributed by atoms with van der Waals surface area (Å²) in [6.07, 6.45) is 0.581. The second kappa shape index (κ2) is 11.1. The van der Waals surface area contributed by atoms with Crippen molar-refractivity contribution in [2.75, 3.05) is 11.9 Å².